The molecule has 0 saturated heterocycles. The first kappa shape index (κ1) is 23.9. The minimum atomic E-state index is -3.55. The fourth-order valence-corrected chi connectivity index (χ4v) is 3.21. The summed E-state index contributed by atoms with van der Waals surface area (Å²) in [6, 6.07) is 8.79. The minimum absolute atomic E-state index is 0.0161. The van der Waals surface area contributed by atoms with Gasteiger partial charge in [-0.05, 0) is 50.2 Å². The standard InChI is InChI=1S/C19H20FN3O7S/c1-12(19(25)22-14-6-9-16(20)17(11-14)23(26)27)30-18(24)10-5-13-3-7-15(8-4-13)31(28,29)21-2/h3-4,6-9,11-12,21H,5,10H2,1-2H3,(H,22,25). The van der Waals surface area contributed by atoms with Crippen molar-refractivity contribution in [3.05, 3.63) is 64.0 Å². The predicted molar refractivity (Wildman–Crippen MR) is 108 cm³/mol. The van der Waals surface area contributed by atoms with Crippen molar-refractivity contribution in [3.8, 4) is 0 Å². The average Bonchev–Trinajstić information content (AvgIpc) is 2.73. The number of benzene rings is 2. The minimum Gasteiger partial charge on any atom is -0.453 e. The summed E-state index contributed by atoms with van der Waals surface area (Å²) in [5.74, 6) is -2.45. The predicted octanol–water partition coefficient (Wildman–Crippen LogP) is 2.14. The quantitative estimate of drug-likeness (QED) is 0.336. The molecule has 12 heteroatoms. The van der Waals surface area contributed by atoms with Crippen LogP contribution >= 0.6 is 0 Å². The lowest BCUT2D eigenvalue weighted by Gasteiger charge is -2.13. The van der Waals surface area contributed by atoms with E-state index in [0.717, 1.165) is 18.2 Å². The number of hydrogen-bond donors (Lipinski definition) is 2. The number of halogens is 1. The third-order valence-corrected chi connectivity index (χ3v) is 5.64. The molecule has 2 aromatic carbocycles. The van der Waals surface area contributed by atoms with Gasteiger partial charge in [0.05, 0.1) is 9.82 Å². The number of amides is 1. The van der Waals surface area contributed by atoms with Gasteiger partial charge in [0, 0.05) is 18.2 Å². The number of sulfonamides is 1. The number of nitro benzene ring substituents is 1. The van der Waals surface area contributed by atoms with Gasteiger partial charge in [-0.2, -0.15) is 4.39 Å². The molecule has 0 aliphatic rings. The molecule has 0 aromatic heterocycles. The van der Waals surface area contributed by atoms with Crippen molar-refractivity contribution in [1.29, 1.82) is 0 Å². The lowest BCUT2D eigenvalue weighted by Crippen LogP contribution is -2.30. The van der Waals surface area contributed by atoms with Crippen molar-refractivity contribution >= 4 is 33.3 Å². The van der Waals surface area contributed by atoms with Crippen LogP contribution in [0.3, 0.4) is 0 Å². The smallest absolute Gasteiger partial charge is 0.306 e. The highest BCUT2D eigenvalue weighted by Crippen LogP contribution is 2.22. The first-order valence-corrected chi connectivity index (χ1v) is 10.5. The van der Waals surface area contributed by atoms with Gasteiger partial charge >= 0.3 is 11.7 Å². The molecule has 31 heavy (non-hydrogen) atoms. The van der Waals surface area contributed by atoms with Crippen molar-refractivity contribution < 1.29 is 32.1 Å². The summed E-state index contributed by atoms with van der Waals surface area (Å²) in [4.78, 5) is 34.1. The van der Waals surface area contributed by atoms with Gasteiger partial charge in [-0.25, -0.2) is 13.1 Å². The first-order chi connectivity index (χ1) is 14.5. The fourth-order valence-electron chi connectivity index (χ4n) is 2.48. The maximum Gasteiger partial charge on any atom is 0.306 e. The van der Waals surface area contributed by atoms with Gasteiger partial charge in [-0.15, -0.1) is 0 Å². The topological polar surface area (TPSA) is 145 Å². The van der Waals surface area contributed by atoms with E-state index < -0.39 is 44.4 Å². The monoisotopic (exact) mass is 453 g/mol. The highest BCUT2D eigenvalue weighted by Gasteiger charge is 2.20. The highest BCUT2D eigenvalue weighted by molar-refractivity contribution is 7.89. The van der Waals surface area contributed by atoms with Gasteiger partial charge in [-0.3, -0.25) is 19.7 Å². The van der Waals surface area contributed by atoms with E-state index in [0.29, 0.717) is 5.56 Å². The molecule has 1 amide bonds. The van der Waals surface area contributed by atoms with Crippen LogP contribution < -0.4 is 10.0 Å². The van der Waals surface area contributed by atoms with Crippen molar-refractivity contribution in [2.45, 2.75) is 30.8 Å². The van der Waals surface area contributed by atoms with E-state index in [1.54, 1.807) is 12.1 Å². The van der Waals surface area contributed by atoms with Crippen LogP contribution in [0.15, 0.2) is 47.4 Å². The highest BCUT2D eigenvalue weighted by atomic mass is 32.2. The van der Waals surface area contributed by atoms with Gasteiger partial charge in [0.2, 0.25) is 15.8 Å². The van der Waals surface area contributed by atoms with Gasteiger partial charge in [0.25, 0.3) is 5.91 Å². The summed E-state index contributed by atoms with van der Waals surface area (Å²) in [7, 11) is -2.25. The van der Waals surface area contributed by atoms with Crippen LogP contribution in [0.2, 0.25) is 0 Å². The van der Waals surface area contributed by atoms with Crippen LogP contribution in [0.25, 0.3) is 0 Å². The van der Waals surface area contributed by atoms with Crippen LogP contribution in [0.5, 0.6) is 0 Å². The summed E-state index contributed by atoms with van der Waals surface area (Å²) >= 11 is 0. The number of anilines is 1. The molecule has 0 bridgehead atoms. The maximum atomic E-state index is 13.4. The van der Waals surface area contributed by atoms with E-state index in [4.69, 9.17) is 4.74 Å². The lowest BCUT2D eigenvalue weighted by atomic mass is 10.1. The first-order valence-electron chi connectivity index (χ1n) is 9.00. The summed E-state index contributed by atoms with van der Waals surface area (Å²) in [6.07, 6.45) is -0.991. The fraction of sp³-hybridized carbons (Fsp3) is 0.263. The Morgan fingerprint density at radius 2 is 1.84 bits per heavy atom. The molecule has 0 saturated carbocycles. The molecule has 0 fully saturated rings. The third kappa shape index (κ3) is 6.55. The number of ether oxygens (including phenoxy) is 1. The molecule has 0 radical (unpaired) electrons. The summed E-state index contributed by atoms with van der Waals surface area (Å²) in [6.45, 7) is 1.32. The number of carbonyl (C=O) groups excluding carboxylic acids is 2. The zero-order chi connectivity index (χ0) is 23.2. The number of aryl methyl sites for hydroxylation is 1. The molecular weight excluding hydrogens is 433 g/mol. The number of nitrogens with one attached hydrogen (secondary N) is 2. The third-order valence-electron chi connectivity index (χ3n) is 4.21. The zero-order valence-electron chi connectivity index (χ0n) is 16.6. The Hall–Kier alpha value is -3.38. The number of esters is 1. The van der Waals surface area contributed by atoms with Crippen LogP contribution in [0.1, 0.15) is 18.9 Å². The molecule has 0 heterocycles. The molecule has 166 valence electrons. The molecule has 1 atom stereocenters. The number of carbonyl (C=O) groups is 2. The van der Waals surface area contributed by atoms with Crippen LogP contribution in [-0.2, 0) is 30.8 Å². The summed E-state index contributed by atoms with van der Waals surface area (Å²) in [5.41, 5.74) is -0.115. The second-order valence-electron chi connectivity index (χ2n) is 6.40. The molecule has 0 aliphatic carbocycles. The SMILES string of the molecule is CNS(=O)(=O)c1ccc(CCC(=O)OC(C)C(=O)Nc2ccc(F)c([N+](=O)[O-])c2)cc1. The Bertz CT molecular complexity index is 1090. The number of nitrogens with zero attached hydrogens (tertiary/aromatic N) is 1. The van der Waals surface area contributed by atoms with E-state index in [-0.39, 0.29) is 23.4 Å². The van der Waals surface area contributed by atoms with E-state index in [9.17, 15) is 32.5 Å². The van der Waals surface area contributed by atoms with Gasteiger partial charge in [-0.1, -0.05) is 12.1 Å². The zero-order valence-corrected chi connectivity index (χ0v) is 17.4. The van der Waals surface area contributed by atoms with Crippen molar-refractivity contribution in [1.82, 2.24) is 4.72 Å². The Morgan fingerprint density at radius 3 is 2.42 bits per heavy atom. The normalized spacial score (nSPS) is 12.1. The average molecular weight is 453 g/mol. The van der Waals surface area contributed by atoms with E-state index in [2.05, 4.69) is 10.0 Å². The molecule has 10 nitrogen and oxygen atoms in total. The molecule has 1 unspecified atom stereocenters. The van der Waals surface area contributed by atoms with Gasteiger partial charge in [0.15, 0.2) is 6.10 Å². The molecule has 0 spiro atoms. The Morgan fingerprint density at radius 1 is 1.19 bits per heavy atom. The summed E-state index contributed by atoms with van der Waals surface area (Å²) < 4.78 is 44.0. The lowest BCUT2D eigenvalue weighted by molar-refractivity contribution is -0.387. The van der Waals surface area contributed by atoms with Crippen molar-refractivity contribution in [3.63, 3.8) is 0 Å². The number of rotatable bonds is 9. The van der Waals surface area contributed by atoms with E-state index in [1.807, 2.05) is 0 Å². The molecule has 2 rings (SSSR count). The van der Waals surface area contributed by atoms with Crippen LogP contribution in [0, 0.1) is 15.9 Å². The Kier molecular flexibility index (Phi) is 7.78. The van der Waals surface area contributed by atoms with Crippen molar-refractivity contribution in [2.24, 2.45) is 0 Å². The van der Waals surface area contributed by atoms with Gasteiger partial charge < -0.3 is 10.1 Å². The van der Waals surface area contributed by atoms with Crippen LogP contribution in [-0.4, -0.2) is 38.4 Å². The second kappa shape index (κ2) is 10.1. The summed E-state index contributed by atoms with van der Waals surface area (Å²) in [5, 5.41) is 13.1. The number of nitro groups is 1. The van der Waals surface area contributed by atoms with Crippen molar-refractivity contribution in [2.75, 3.05) is 12.4 Å². The van der Waals surface area contributed by atoms with E-state index >= 15 is 0 Å². The molecule has 0 aliphatic heterocycles. The molecule has 2 aromatic rings. The Labute approximate surface area is 177 Å². The second-order valence-corrected chi connectivity index (χ2v) is 8.28. The molecule has 2 N–H and O–H groups in total. The van der Waals surface area contributed by atoms with Gasteiger partial charge in [0.1, 0.15) is 0 Å². The Balaban J connectivity index is 1.88. The number of hydrogen-bond acceptors (Lipinski definition) is 7. The van der Waals surface area contributed by atoms with Crippen LogP contribution in [0.4, 0.5) is 15.8 Å². The largest absolute Gasteiger partial charge is 0.453 e. The molecular formula is C19H20FN3O7S. The van der Waals surface area contributed by atoms with E-state index in [1.165, 1.54) is 26.1 Å². The maximum absolute atomic E-state index is 13.4.